The molecule has 3 N–H and O–H groups in total. The first-order chi connectivity index (χ1) is 6.46. The minimum Gasteiger partial charge on any atom is -0.385 e. The van der Waals surface area contributed by atoms with Crippen LogP contribution in [-0.4, -0.2) is 11.0 Å². The summed E-state index contributed by atoms with van der Waals surface area (Å²) in [5.41, 5.74) is 4.66. The lowest BCUT2D eigenvalue weighted by molar-refractivity contribution is -0.129. The Morgan fingerprint density at radius 2 is 1.93 bits per heavy atom. The van der Waals surface area contributed by atoms with Crippen LogP contribution in [0.2, 0.25) is 0 Å². The zero-order valence-electron chi connectivity index (χ0n) is 8.40. The van der Waals surface area contributed by atoms with Crippen molar-refractivity contribution in [3.63, 3.8) is 0 Å². The molecular formula is C11H15NO2. The van der Waals surface area contributed by atoms with E-state index in [9.17, 15) is 9.90 Å². The number of aliphatic hydroxyl groups is 1. The Balaban J connectivity index is 3.02. The summed E-state index contributed by atoms with van der Waals surface area (Å²) in [5, 5.41) is 10.1. The lowest BCUT2D eigenvalue weighted by atomic mass is 9.84. The summed E-state index contributed by atoms with van der Waals surface area (Å²) in [6.07, 6.45) is 0. The highest BCUT2D eigenvalue weighted by atomic mass is 16.3. The quantitative estimate of drug-likeness (QED) is 0.752. The van der Waals surface area contributed by atoms with Crippen LogP contribution in [0.5, 0.6) is 0 Å². The molecule has 1 aromatic carbocycles. The highest BCUT2D eigenvalue weighted by molar-refractivity contribution is 5.77. The first kappa shape index (κ1) is 10.7. The zero-order valence-corrected chi connectivity index (χ0v) is 8.40. The van der Waals surface area contributed by atoms with Crippen LogP contribution in [0.25, 0.3) is 0 Å². The fourth-order valence-electron chi connectivity index (χ4n) is 1.30. The van der Waals surface area contributed by atoms with E-state index in [-0.39, 0.29) is 0 Å². The van der Waals surface area contributed by atoms with E-state index >= 15 is 0 Å². The molecule has 0 saturated heterocycles. The number of rotatable bonds is 3. The summed E-state index contributed by atoms with van der Waals surface area (Å²) >= 11 is 0. The minimum absolute atomic E-state index is 0.501. The average molecular weight is 193 g/mol. The van der Waals surface area contributed by atoms with Gasteiger partial charge in [0, 0.05) is 0 Å². The minimum atomic E-state index is -1.20. The van der Waals surface area contributed by atoms with Crippen molar-refractivity contribution in [3.8, 4) is 0 Å². The molecule has 2 unspecified atom stereocenters. The maximum Gasteiger partial charge on any atom is 0.223 e. The van der Waals surface area contributed by atoms with Crippen molar-refractivity contribution in [1.82, 2.24) is 0 Å². The first-order valence-electron chi connectivity index (χ1n) is 4.53. The van der Waals surface area contributed by atoms with Gasteiger partial charge >= 0.3 is 0 Å². The van der Waals surface area contributed by atoms with E-state index in [0.717, 1.165) is 0 Å². The summed E-state index contributed by atoms with van der Waals surface area (Å²) in [6, 6.07) is 9.04. The molecule has 0 radical (unpaired) electrons. The second-order valence-corrected chi connectivity index (χ2v) is 3.64. The topological polar surface area (TPSA) is 63.3 Å². The summed E-state index contributed by atoms with van der Waals surface area (Å²) < 4.78 is 0. The average Bonchev–Trinajstić information content (AvgIpc) is 2.18. The fraction of sp³-hybridized carbons (Fsp3) is 0.364. The molecule has 0 heterocycles. The van der Waals surface area contributed by atoms with Crippen LogP contribution in [-0.2, 0) is 10.4 Å². The van der Waals surface area contributed by atoms with Crippen LogP contribution in [0.3, 0.4) is 0 Å². The molecule has 1 aromatic rings. The van der Waals surface area contributed by atoms with Gasteiger partial charge in [-0.3, -0.25) is 4.79 Å². The molecule has 76 valence electrons. The number of nitrogens with two attached hydrogens (primary N) is 1. The summed E-state index contributed by atoms with van der Waals surface area (Å²) in [5.74, 6) is -1.11. The molecule has 1 amide bonds. The molecule has 1 rings (SSSR count). The molecule has 0 aromatic heterocycles. The Hall–Kier alpha value is -1.35. The van der Waals surface area contributed by atoms with Crippen molar-refractivity contribution in [2.24, 2.45) is 11.7 Å². The summed E-state index contributed by atoms with van der Waals surface area (Å²) in [6.45, 7) is 3.22. The molecule has 0 spiro atoms. The van der Waals surface area contributed by atoms with Crippen molar-refractivity contribution in [2.75, 3.05) is 0 Å². The maximum absolute atomic E-state index is 11.0. The Kier molecular flexibility index (Phi) is 2.91. The van der Waals surface area contributed by atoms with Crippen molar-refractivity contribution in [2.45, 2.75) is 19.4 Å². The van der Waals surface area contributed by atoms with E-state index in [1.807, 2.05) is 18.2 Å². The molecule has 0 aliphatic heterocycles. The second kappa shape index (κ2) is 3.80. The third kappa shape index (κ3) is 1.93. The van der Waals surface area contributed by atoms with Crippen LogP contribution in [0.15, 0.2) is 30.3 Å². The van der Waals surface area contributed by atoms with Gasteiger partial charge in [0.05, 0.1) is 11.5 Å². The maximum atomic E-state index is 11.0. The molecule has 3 heteroatoms. The standard InChI is InChI=1S/C11H15NO2/c1-8(10(12)13)11(2,14)9-6-4-3-5-7-9/h3-8,14H,1-2H3,(H2,12,13). The largest absolute Gasteiger partial charge is 0.385 e. The predicted molar refractivity (Wildman–Crippen MR) is 54.4 cm³/mol. The van der Waals surface area contributed by atoms with Crippen molar-refractivity contribution < 1.29 is 9.90 Å². The molecule has 0 fully saturated rings. The molecule has 0 aliphatic rings. The van der Waals surface area contributed by atoms with Crippen molar-refractivity contribution in [3.05, 3.63) is 35.9 Å². The molecule has 0 aliphatic carbocycles. The van der Waals surface area contributed by atoms with E-state index in [2.05, 4.69) is 0 Å². The lowest BCUT2D eigenvalue weighted by Crippen LogP contribution is -2.38. The summed E-state index contributed by atoms with van der Waals surface area (Å²) in [7, 11) is 0. The highest BCUT2D eigenvalue weighted by Crippen LogP contribution is 2.28. The molecule has 0 saturated carbocycles. The first-order valence-corrected chi connectivity index (χ1v) is 4.53. The van der Waals surface area contributed by atoms with Crippen LogP contribution >= 0.6 is 0 Å². The van der Waals surface area contributed by atoms with Gasteiger partial charge < -0.3 is 10.8 Å². The third-order valence-electron chi connectivity index (χ3n) is 2.63. The van der Waals surface area contributed by atoms with E-state index < -0.39 is 17.4 Å². The third-order valence-corrected chi connectivity index (χ3v) is 2.63. The van der Waals surface area contributed by atoms with Crippen LogP contribution in [0.4, 0.5) is 0 Å². The van der Waals surface area contributed by atoms with Gasteiger partial charge in [-0.15, -0.1) is 0 Å². The Bertz CT molecular complexity index is 319. The summed E-state index contributed by atoms with van der Waals surface area (Å²) in [4.78, 5) is 11.0. The van der Waals surface area contributed by atoms with Gasteiger partial charge in [-0.05, 0) is 12.5 Å². The lowest BCUT2D eigenvalue weighted by Gasteiger charge is -2.28. The van der Waals surface area contributed by atoms with Crippen molar-refractivity contribution >= 4 is 5.91 Å². The monoisotopic (exact) mass is 193 g/mol. The van der Waals surface area contributed by atoms with Gasteiger partial charge in [-0.1, -0.05) is 37.3 Å². The van der Waals surface area contributed by atoms with Crippen molar-refractivity contribution in [1.29, 1.82) is 0 Å². The number of hydrogen-bond acceptors (Lipinski definition) is 2. The number of carbonyl (C=O) groups excluding carboxylic acids is 1. The van der Waals surface area contributed by atoms with Gasteiger partial charge in [-0.2, -0.15) is 0 Å². The Morgan fingerprint density at radius 1 is 1.43 bits per heavy atom. The smallest absolute Gasteiger partial charge is 0.223 e. The van der Waals surface area contributed by atoms with Crippen LogP contribution in [0, 0.1) is 5.92 Å². The van der Waals surface area contributed by atoms with E-state index in [1.54, 1.807) is 26.0 Å². The molecule has 3 nitrogen and oxygen atoms in total. The highest BCUT2D eigenvalue weighted by Gasteiger charge is 2.33. The van der Waals surface area contributed by atoms with Crippen LogP contribution in [0.1, 0.15) is 19.4 Å². The van der Waals surface area contributed by atoms with Gasteiger partial charge in [0.15, 0.2) is 0 Å². The number of benzene rings is 1. The van der Waals surface area contributed by atoms with E-state index in [0.29, 0.717) is 5.56 Å². The number of amides is 1. The SMILES string of the molecule is CC(C(N)=O)C(C)(O)c1ccccc1. The van der Waals surface area contributed by atoms with Crippen LogP contribution < -0.4 is 5.73 Å². The number of hydrogen-bond donors (Lipinski definition) is 2. The molecular weight excluding hydrogens is 178 g/mol. The van der Waals surface area contributed by atoms with Gasteiger partial charge in [0.2, 0.25) is 5.91 Å². The Labute approximate surface area is 83.6 Å². The van der Waals surface area contributed by atoms with E-state index in [1.165, 1.54) is 0 Å². The number of primary amides is 1. The number of carbonyl (C=O) groups is 1. The second-order valence-electron chi connectivity index (χ2n) is 3.64. The van der Waals surface area contributed by atoms with E-state index in [4.69, 9.17) is 5.73 Å². The van der Waals surface area contributed by atoms with Gasteiger partial charge in [0.25, 0.3) is 0 Å². The zero-order chi connectivity index (χ0) is 10.8. The predicted octanol–water partition coefficient (Wildman–Crippen LogP) is 1.02. The van der Waals surface area contributed by atoms with Gasteiger partial charge in [0.1, 0.15) is 0 Å². The molecule has 14 heavy (non-hydrogen) atoms. The molecule has 0 bridgehead atoms. The normalized spacial score (nSPS) is 17.1. The fourth-order valence-corrected chi connectivity index (χ4v) is 1.30. The van der Waals surface area contributed by atoms with Gasteiger partial charge in [-0.25, -0.2) is 0 Å². The molecule has 2 atom stereocenters. The Morgan fingerprint density at radius 3 is 2.36 bits per heavy atom.